The van der Waals surface area contributed by atoms with Crippen LogP contribution in [0.5, 0.6) is 0 Å². The Morgan fingerprint density at radius 1 is 1.48 bits per heavy atom. The topological polar surface area (TPSA) is 107 Å². The number of nitro benzene ring substituents is 1. The molecule has 1 rings (SSSR count). The van der Waals surface area contributed by atoms with Gasteiger partial charge in [0.05, 0.1) is 16.7 Å². The summed E-state index contributed by atoms with van der Waals surface area (Å²) >= 11 is 0. The van der Waals surface area contributed by atoms with E-state index in [9.17, 15) is 19.3 Å². The molecule has 7 nitrogen and oxygen atoms in total. The zero-order valence-corrected chi connectivity index (χ0v) is 11.7. The number of hydrogen-bond acceptors (Lipinski definition) is 5. The second kappa shape index (κ2) is 8.15. The summed E-state index contributed by atoms with van der Waals surface area (Å²) in [5, 5.41) is 13.4. The quantitative estimate of drug-likeness (QED) is 0.330. The minimum Gasteiger partial charge on any atom is -0.396 e. The number of nitrogens with one attached hydrogen (secondary N) is 1. The Balaban J connectivity index is 2.65. The smallest absolute Gasteiger partial charge is 0.285 e. The van der Waals surface area contributed by atoms with Crippen LogP contribution < -0.4 is 11.1 Å². The third-order valence-electron chi connectivity index (χ3n) is 2.66. The van der Waals surface area contributed by atoms with Crippen molar-refractivity contribution in [2.45, 2.75) is 19.8 Å². The van der Waals surface area contributed by atoms with Crippen LogP contribution in [-0.2, 0) is 4.74 Å². The van der Waals surface area contributed by atoms with Gasteiger partial charge in [-0.15, -0.1) is 0 Å². The molecular weight excluding hydrogens is 281 g/mol. The highest BCUT2D eigenvalue weighted by Gasteiger charge is 2.22. The molecule has 3 N–H and O–H groups in total. The highest BCUT2D eigenvalue weighted by atomic mass is 19.1. The van der Waals surface area contributed by atoms with Crippen molar-refractivity contribution in [3.05, 3.63) is 33.6 Å². The zero-order chi connectivity index (χ0) is 15.8. The van der Waals surface area contributed by atoms with Crippen molar-refractivity contribution in [3.8, 4) is 0 Å². The molecule has 0 fully saturated rings. The standard InChI is InChI=1S/C13H18FN3O4/c1-2-5-21-6-3-4-16-13(18)9-7-11(15)10(14)8-12(9)17(19)20/h7-8H,2-6,15H2,1H3,(H,16,18). The molecule has 0 bridgehead atoms. The molecule has 0 aliphatic carbocycles. The van der Waals surface area contributed by atoms with E-state index in [4.69, 9.17) is 10.5 Å². The Morgan fingerprint density at radius 3 is 2.81 bits per heavy atom. The number of carbonyl (C=O) groups is 1. The Labute approximate surface area is 121 Å². The van der Waals surface area contributed by atoms with Gasteiger partial charge in [0, 0.05) is 19.8 Å². The summed E-state index contributed by atoms with van der Waals surface area (Å²) < 4.78 is 18.5. The number of halogens is 1. The molecule has 0 aromatic heterocycles. The monoisotopic (exact) mass is 299 g/mol. The molecule has 21 heavy (non-hydrogen) atoms. The molecule has 1 aromatic carbocycles. The van der Waals surface area contributed by atoms with Crippen LogP contribution in [0.15, 0.2) is 12.1 Å². The highest BCUT2D eigenvalue weighted by Crippen LogP contribution is 2.24. The number of rotatable bonds is 8. The molecule has 0 saturated carbocycles. The van der Waals surface area contributed by atoms with E-state index in [1.54, 1.807) is 0 Å². The summed E-state index contributed by atoms with van der Waals surface area (Å²) in [5.74, 6) is -1.59. The van der Waals surface area contributed by atoms with Crippen LogP contribution in [-0.4, -0.2) is 30.6 Å². The number of carbonyl (C=O) groups excluding carboxylic acids is 1. The number of nitrogens with two attached hydrogens (primary N) is 1. The largest absolute Gasteiger partial charge is 0.396 e. The Hall–Kier alpha value is -2.22. The molecule has 8 heteroatoms. The molecule has 116 valence electrons. The van der Waals surface area contributed by atoms with E-state index >= 15 is 0 Å². The SMILES string of the molecule is CCCOCCCNC(=O)c1cc(N)c(F)cc1[N+](=O)[O-]. The molecule has 0 aliphatic rings. The van der Waals surface area contributed by atoms with Gasteiger partial charge in [0.1, 0.15) is 5.56 Å². The first kappa shape index (κ1) is 16.8. The van der Waals surface area contributed by atoms with E-state index in [0.29, 0.717) is 32.2 Å². The highest BCUT2D eigenvalue weighted by molar-refractivity contribution is 5.99. The van der Waals surface area contributed by atoms with Crippen LogP contribution in [0.3, 0.4) is 0 Å². The number of benzene rings is 1. The molecule has 1 amide bonds. The minimum absolute atomic E-state index is 0.256. The van der Waals surface area contributed by atoms with E-state index in [-0.39, 0.29) is 11.3 Å². The van der Waals surface area contributed by atoms with Crippen molar-refractivity contribution in [2.24, 2.45) is 0 Å². The summed E-state index contributed by atoms with van der Waals surface area (Å²) in [5.41, 5.74) is 4.17. The van der Waals surface area contributed by atoms with Gasteiger partial charge < -0.3 is 15.8 Å². The van der Waals surface area contributed by atoms with Crippen LogP contribution in [0.2, 0.25) is 0 Å². The van der Waals surface area contributed by atoms with Crippen molar-refractivity contribution in [3.63, 3.8) is 0 Å². The predicted octanol–water partition coefficient (Wildman–Crippen LogP) is 1.86. The van der Waals surface area contributed by atoms with E-state index in [0.717, 1.165) is 12.5 Å². The van der Waals surface area contributed by atoms with Crippen LogP contribution in [0.25, 0.3) is 0 Å². The first-order valence-corrected chi connectivity index (χ1v) is 6.56. The van der Waals surface area contributed by atoms with Gasteiger partial charge in [0.2, 0.25) is 0 Å². The van der Waals surface area contributed by atoms with Gasteiger partial charge in [-0.1, -0.05) is 6.92 Å². The molecule has 0 heterocycles. The fourth-order valence-corrected chi connectivity index (χ4v) is 1.63. The van der Waals surface area contributed by atoms with Gasteiger partial charge in [-0.2, -0.15) is 0 Å². The lowest BCUT2D eigenvalue weighted by Crippen LogP contribution is -2.26. The molecule has 1 aromatic rings. The molecule has 0 aliphatic heterocycles. The Kier molecular flexibility index (Phi) is 6.54. The average Bonchev–Trinajstić information content (AvgIpc) is 2.44. The minimum atomic E-state index is -0.925. The van der Waals surface area contributed by atoms with Crippen molar-refractivity contribution in [2.75, 3.05) is 25.5 Å². The van der Waals surface area contributed by atoms with Crippen molar-refractivity contribution in [1.29, 1.82) is 0 Å². The summed E-state index contributed by atoms with van der Waals surface area (Å²) in [7, 11) is 0. The average molecular weight is 299 g/mol. The third-order valence-corrected chi connectivity index (χ3v) is 2.66. The van der Waals surface area contributed by atoms with Gasteiger partial charge in [0.25, 0.3) is 11.6 Å². The van der Waals surface area contributed by atoms with Crippen LogP contribution in [0.4, 0.5) is 15.8 Å². The number of nitrogens with zero attached hydrogens (tertiary/aromatic N) is 1. The van der Waals surface area contributed by atoms with E-state index in [1.165, 1.54) is 0 Å². The molecule has 0 unspecified atom stereocenters. The van der Waals surface area contributed by atoms with Gasteiger partial charge >= 0.3 is 0 Å². The third kappa shape index (κ3) is 4.99. The summed E-state index contributed by atoms with van der Waals surface area (Å²) in [6.45, 7) is 3.42. The van der Waals surface area contributed by atoms with Gasteiger partial charge in [-0.05, 0) is 18.9 Å². The van der Waals surface area contributed by atoms with Crippen molar-refractivity contribution < 1.29 is 18.8 Å². The van der Waals surface area contributed by atoms with Gasteiger partial charge in [0.15, 0.2) is 5.82 Å². The lowest BCUT2D eigenvalue weighted by molar-refractivity contribution is -0.385. The van der Waals surface area contributed by atoms with E-state index in [2.05, 4.69) is 5.32 Å². The maximum Gasteiger partial charge on any atom is 0.285 e. The maximum absolute atomic E-state index is 13.2. The lowest BCUT2D eigenvalue weighted by Gasteiger charge is -2.07. The number of nitrogen functional groups attached to an aromatic ring is 1. The summed E-state index contributed by atoms with van der Waals surface area (Å²) in [6, 6.07) is 1.62. The van der Waals surface area contributed by atoms with Gasteiger partial charge in [-0.3, -0.25) is 14.9 Å². The Morgan fingerprint density at radius 2 is 2.19 bits per heavy atom. The molecule has 0 radical (unpaired) electrons. The fourth-order valence-electron chi connectivity index (χ4n) is 1.63. The number of nitro groups is 1. The summed E-state index contributed by atoms with van der Waals surface area (Å²) in [4.78, 5) is 21.9. The van der Waals surface area contributed by atoms with Crippen molar-refractivity contribution in [1.82, 2.24) is 5.32 Å². The summed E-state index contributed by atoms with van der Waals surface area (Å²) in [6.07, 6.45) is 1.49. The maximum atomic E-state index is 13.2. The van der Waals surface area contributed by atoms with E-state index < -0.39 is 22.3 Å². The first-order chi connectivity index (χ1) is 9.97. The number of hydrogen-bond donors (Lipinski definition) is 2. The second-order valence-electron chi connectivity index (χ2n) is 4.37. The first-order valence-electron chi connectivity index (χ1n) is 6.56. The van der Waals surface area contributed by atoms with Crippen LogP contribution in [0, 0.1) is 15.9 Å². The van der Waals surface area contributed by atoms with Gasteiger partial charge in [-0.25, -0.2) is 4.39 Å². The number of anilines is 1. The zero-order valence-electron chi connectivity index (χ0n) is 11.7. The molecule has 0 atom stereocenters. The molecular formula is C13H18FN3O4. The predicted molar refractivity (Wildman–Crippen MR) is 75.5 cm³/mol. The lowest BCUT2D eigenvalue weighted by atomic mass is 10.1. The fraction of sp³-hybridized carbons (Fsp3) is 0.462. The van der Waals surface area contributed by atoms with E-state index in [1.807, 2.05) is 6.92 Å². The number of amides is 1. The number of ether oxygens (including phenoxy) is 1. The van der Waals surface area contributed by atoms with Crippen LogP contribution in [0.1, 0.15) is 30.1 Å². The normalized spacial score (nSPS) is 10.4. The van der Waals surface area contributed by atoms with Crippen molar-refractivity contribution >= 4 is 17.3 Å². The molecule has 0 spiro atoms. The second-order valence-corrected chi connectivity index (χ2v) is 4.37. The van der Waals surface area contributed by atoms with Crippen LogP contribution >= 0.6 is 0 Å². The Bertz CT molecular complexity index is 522. The molecule has 0 saturated heterocycles.